The fourth-order valence-corrected chi connectivity index (χ4v) is 5.29. The second-order valence-electron chi connectivity index (χ2n) is 8.74. The maximum absolute atomic E-state index is 12.8. The molecule has 3 heterocycles. The van der Waals surface area contributed by atoms with Crippen molar-refractivity contribution in [2.75, 3.05) is 13.1 Å². The Bertz CT molecular complexity index is 828. The highest BCUT2D eigenvalue weighted by molar-refractivity contribution is 7.13. The number of carbonyl (C=O) groups excluding carboxylic acids is 1. The summed E-state index contributed by atoms with van der Waals surface area (Å²) in [5.74, 6) is 0.520. The third-order valence-corrected chi connectivity index (χ3v) is 7.13. The third-order valence-electron chi connectivity index (χ3n) is 6.19. The minimum atomic E-state index is -0.301. The molecule has 2 atom stereocenters. The van der Waals surface area contributed by atoms with Crippen molar-refractivity contribution in [2.24, 2.45) is 5.92 Å². The van der Waals surface area contributed by atoms with E-state index in [1.165, 1.54) is 0 Å². The average Bonchev–Trinajstić information content (AvgIpc) is 3.17. The third kappa shape index (κ3) is 4.71. The molecule has 4 rings (SSSR count). The van der Waals surface area contributed by atoms with E-state index in [4.69, 9.17) is 4.74 Å². The molecule has 2 aliphatic rings. The Morgan fingerprint density at radius 2 is 2.03 bits per heavy atom. The van der Waals surface area contributed by atoms with Crippen LogP contribution < -0.4 is 0 Å². The van der Waals surface area contributed by atoms with Gasteiger partial charge in [-0.25, -0.2) is 4.98 Å². The van der Waals surface area contributed by atoms with Crippen molar-refractivity contribution in [1.29, 1.82) is 0 Å². The van der Waals surface area contributed by atoms with Crippen LogP contribution in [0.5, 0.6) is 0 Å². The van der Waals surface area contributed by atoms with Crippen molar-refractivity contribution in [3.63, 3.8) is 0 Å². The Morgan fingerprint density at radius 3 is 2.72 bits per heavy atom. The zero-order valence-electron chi connectivity index (χ0n) is 17.2. The molecule has 1 amide bonds. The Labute approximate surface area is 176 Å². The van der Waals surface area contributed by atoms with Gasteiger partial charge in [0.15, 0.2) is 0 Å². The summed E-state index contributed by atoms with van der Waals surface area (Å²) in [6.45, 7) is 5.66. The van der Waals surface area contributed by atoms with Crippen LogP contribution >= 0.6 is 11.3 Å². The van der Waals surface area contributed by atoms with Crippen LogP contribution in [-0.2, 0) is 16.0 Å². The first kappa shape index (κ1) is 20.5. The van der Waals surface area contributed by atoms with Gasteiger partial charge >= 0.3 is 0 Å². The van der Waals surface area contributed by atoms with Crippen LogP contribution in [0.25, 0.3) is 10.6 Å². The largest absolute Gasteiger partial charge is 0.393 e. The van der Waals surface area contributed by atoms with Crippen LogP contribution in [-0.4, -0.2) is 51.8 Å². The number of hydrogen-bond acceptors (Lipinski definition) is 5. The predicted octanol–water partition coefficient (Wildman–Crippen LogP) is 3.91. The summed E-state index contributed by atoms with van der Waals surface area (Å²) in [6, 6.07) is 10.1. The molecule has 6 heteroatoms. The van der Waals surface area contributed by atoms with Crippen LogP contribution in [0.2, 0.25) is 0 Å². The molecular weight excluding hydrogens is 384 g/mol. The molecule has 156 valence electrons. The number of benzene rings is 1. The Balaban J connectivity index is 1.34. The number of aliphatic hydroxyl groups excluding tert-OH is 1. The molecule has 1 aromatic heterocycles. The number of nitrogens with zero attached hydrogens (tertiary/aromatic N) is 2. The van der Waals surface area contributed by atoms with Gasteiger partial charge < -0.3 is 14.7 Å². The smallest absolute Gasteiger partial charge is 0.228 e. The van der Waals surface area contributed by atoms with E-state index in [1.54, 1.807) is 11.3 Å². The molecular formula is C23H30N2O3S. The molecule has 1 aromatic carbocycles. The first-order valence-electron chi connectivity index (χ1n) is 10.6. The van der Waals surface area contributed by atoms with Gasteiger partial charge in [-0.2, -0.15) is 0 Å². The molecule has 2 aliphatic heterocycles. The van der Waals surface area contributed by atoms with E-state index in [9.17, 15) is 9.90 Å². The van der Waals surface area contributed by atoms with Crippen LogP contribution in [0.3, 0.4) is 0 Å². The topological polar surface area (TPSA) is 62.7 Å². The van der Waals surface area contributed by atoms with Crippen molar-refractivity contribution >= 4 is 17.2 Å². The van der Waals surface area contributed by atoms with Crippen molar-refractivity contribution < 1.29 is 14.6 Å². The molecule has 0 saturated carbocycles. The van der Waals surface area contributed by atoms with Crippen molar-refractivity contribution in [3.8, 4) is 10.6 Å². The summed E-state index contributed by atoms with van der Waals surface area (Å²) in [6.07, 6.45) is 3.14. The number of amides is 1. The number of hydrogen-bond donors (Lipinski definition) is 1. The Kier molecular flexibility index (Phi) is 6.04. The number of aromatic nitrogens is 1. The molecule has 29 heavy (non-hydrogen) atoms. The summed E-state index contributed by atoms with van der Waals surface area (Å²) in [5.41, 5.74) is 1.65. The summed E-state index contributed by atoms with van der Waals surface area (Å²) in [7, 11) is 0. The maximum Gasteiger partial charge on any atom is 0.228 e. The van der Waals surface area contributed by atoms with E-state index >= 15 is 0 Å². The van der Waals surface area contributed by atoms with Crippen molar-refractivity contribution in [2.45, 2.75) is 63.8 Å². The molecule has 2 aromatic rings. The number of thiazole rings is 1. The lowest BCUT2D eigenvalue weighted by Gasteiger charge is -2.48. The fraction of sp³-hybridized carbons (Fsp3) is 0.565. The van der Waals surface area contributed by atoms with E-state index in [2.05, 4.69) is 18.8 Å². The summed E-state index contributed by atoms with van der Waals surface area (Å²) < 4.78 is 6.44. The van der Waals surface area contributed by atoms with Crippen molar-refractivity contribution in [3.05, 3.63) is 41.4 Å². The molecule has 2 fully saturated rings. The number of likely N-dealkylation sites (tertiary alicyclic amines) is 1. The fourth-order valence-electron chi connectivity index (χ4n) is 4.46. The number of carbonyl (C=O) groups is 1. The predicted molar refractivity (Wildman–Crippen MR) is 115 cm³/mol. The van der Waals surface area contributed by atoms with E-state index in [1.807, 2.05) is 40.6 Å². The number of ether oxygens (including phenoxy) is 1. The van der Waals surface area contributed by atoms with Gasteiger partial charge in [0.1, 0.15) is 5.01 Å². The molecule has 0 unspecified atom stereocenters. The zero-order chi connectivity index (χ0) is 20.4. The number of rotatable bonds is 4. The first-order chi connectivity index (χ1) is 13.9. The van der Waals surface area contributed by atoms with Gasteiger partial charge in [-0.15, -0.1) is 11.3 Å². The molecule has 1 spiro atoms. The molecule has 0 aliphatic carbocycles. The maximum atomic E-state index is 12.8. The molecule has 5 nitrogen and oxygen atoms in total. The lowest BCUT2D eigenvalue weighted by molar-refractivity contribution is -0.193. The second-order valence-corrected chi connectivity index (χ2v) is 9.60. The molecule has 1 N–H and O–H groups in total. The lowest BCUT2D eigenvalue weighted by atomic mass is 9.80. The zero-order valence-corrected chi connectivity index (χ0v) is 18.0. The standard InChI is InChI=1S/C23H30N2O3S/c1-16(2)20-13-19(26)14-23(28-20)8-10-25(11-9-23)21(27)12-18-15-29-22(24-18)17-6-4-3-5-7-17/h3-7,15-16,19-20,26H,8-14H2,1-2H3/t19-,20-/m1/s1. The van der Waals surface area contributed by atoms with Gasteiger partial charge in [-0.1, -0.05) is 44.2 Å². The average molecular weight is 415 g/mol. The normalized spacial score (nSPS) is 24.2. The summed E-state index contributed by atoms with van der Waals surface area (Å²) >= 11 is 1.58. The van der Waals surface area contributed by atoms with Crippen LogP contribution in [0.1, 0.15) is 45.2 Å². The van der Waals surface area contributed by atoms with Crippen molar-refractivity contribution in [1.82, 2.24) is 9.88 Å². The minimum absolute atomic E-state index is 0.104. The van der Waals surface area contributed by atoms with Crippen LogP contribution in [0.4, 0.5) is 0 Å². The highest BCUT2D eigenvalue weighted by atomic mass is 32.1. The highest BCUT2D eigenvalue weighted by Gasteiger charge is 2.44. The van der Waals surface area contributed by atoms with E-state index in [0.29, 0.717) is 31.8 Å². The van der Waals surface area contributed by atoms with Crippen LogP contribution in [0.15, 0.2) is 35.7 Å². The number of aliphatic hydroxyl groups is 1. The monoisotopic (exact) mass is 414 g/mol. The van der Waals surface area contributed by atoms with Gasteiger partial charge in [-0.3, -0.25) is 4.79 Å². The van der Waals surface area contributed by atoms with E-state index in [0.717, 1.165) is 35.5 Å². The Hall–Kier alpha value is -1.76. The highest BCUT2D eigenvalue weighted by Crippen LogP contribution is 2.39. The molecule has 0 radical (unpaired) electrons. The quantitative estimate of drug-likeness (QED) is 0.824. The minimum Gasteiger partial charge on any atom is -0.393 e. The van der Waals surface area contributed by atoms with Gasteiger partial charge in [0, 0.05) is 30.5 Å². The summed E-state index contributed by atoms with van der Waals surface area (Å²) in [4.78, 5) is 19.4. The molecule has 2 saturated heterocycles. The van der Waals surface area contributed by atoms with Crippen LogP contribution in [0, 0.1) is 5.92 Å². The Morgan fingerprint density at radius 1 is 1.31 bits per heavy atom. The summed E-state index contributed by atoms with van der Waals surface area (Å²) in [5, 5.41) is 13.3. The van der Waals surface area contributed by atoms with E-state index in [-0.39, 0.29) is 23.7 Å². The van der Waals surface area contributed by atoms with Gasteiger partial charge in [0.2, 0.25) is 5.91 Å². The SMILES string of the molecule is CC(C)[C@H]1C[C@@H](O)CC2(CCN(C(=O)Cc3csc(-c4ccccc4)n3)CC2)O1. The van der Waals surface area contributed by atoms with Gasteiger partial charge in [0.05, 0.1) is 29.9 Å². The number of piperidine rings is 1. The molecule has 0 bridgehead atoms. The van der Waals surface area contributed by atoms with E-state index < -0.39 is 0 Å². The lowest BCUT2D eigenvalue weighted by Crippen LogP contribution is -2.54. The van der Waals surface area contributed by atoms with Gasteiger partial charge in [-0.05, 0) is 25.2 Å². The second kappa shape index (κ2) is 8.54. The van der Waals surface area contributed by atoms with Gasteiger partial charge in [0.25, 0.3) is 0 Å². The first-order valence-corrected chi connectivity index (χ1v) is 11.5.